The highest BCUT2D eigenvalue weighted by molar-refractivity contribution is 9.10. The first kappa shape index (κ1) is 13.0. The average Bonchev–Trinajstić information content (AvgIpc) is 2.53. The number of Topliss-reactive ketones (excluding diaryl/α,β-unsaturated/α-hetero) is 2. The molecular weight excluding hydrogens is 298 g/mol. The molecule has 1 heterocycles. The van der Waals surface area contributed by atoms with Crippen LogP contribution in [0.15, 0.2) is 22.7 Å². The molecule has 0 unspecified atom stereocenters. The third-order valence-electron chi connectivity index (χ3n) is 2.85. The van der Waals surface area contributed by atoms with Gasteiger partial charge in [-0.1, -0.05) is 15.9 Å². The second-order valence-corrected chi connectivity index (χ2v) is 5.17. The Balaban J connectivity index is 2.22. The van der Waals surface area contributed by atoms with Gasteiger partial charge >= 0.3 is 0 Å². The molecule has 0 spiro atoms. The summed E-state index contributed by atoms with van der Waals surface area (Å²) in [5.74, 6) is -0.894. The zero-order chi connectivity index (χ0) is 13.3. The fraction of sp³-hybridized carbons (Fsp3) is 0.308. The van der Waals surface area contributed by atoms with E-state index in [1.54, 1.807) is 18.2 Å². The number of nitrogens with zero attached hydrogens (tertiary/aromatic N) is 1. The minimum absolute atomic E-state index is 0.0856. The van der Waals surface area contributed by atoms with Gasteiger partial charge in [-0.05, 0) is 31.5 Å². The topological polar surface area (TPSA) is 54.5 Å². The van der Waals surface area contributed by atoms with Crippen LogP contribution in [0.25, 0.3) is 0 Å². The summed E-state index contributed by atoms with van der Waals surface area (Å²) >= 11 is 3.32. The molecule has 1 aromatic rings. The van der Waals surface area contributed by atoms with Crippen molar-refractivity contribution in [3.05, 3.63) is 28.2 Å². The summed E-state index contributed by atoms with van der Waals surface area (Å²) in [5.41, 5.74) is 1.06. The largest absolute Gasteiger partial charge is 0.305 e. The first-order chi connectivity index (χ1) is 8.50. The van der Waals surface area contributed by atoms with E-state index in [1.807, 2.05) is 0 Å². The number of anilines is 1. The van der Waals surface area contributed by atoms with Gasteiger partial charge in [0.05, 0.1) is 11.3 Å². The van der Waals surface area contributed by atoms with Crippen molar-refractivity contribution in [2.75, 3.05) is 11.4 Å². The molecule has 0 aromatic heterocycles. The van der Waals surface area contributed by atoms with Gasteiger partial charge in [-0.25, -0.2) is 0 Å². The van der Waals surface area contributed by atoms with Gasteiger partial charge in [0.1, 0.15) is 5.78 Å². The van der Waals surface area contributed by atoms with Crippen molar-refractivity contribution in [1.82, 2.24) is 0 Å². The summed E-state index contributed by atoms with van der Waals surface area (Å²) in [6, 6.07) is 5.14. The number of carbonyl (C=O) groups is 3. The predicted octanol–water partition coefficient (Wildman–Crippen LogP) is 2.35. The summed E-state index contributed by atoms with van der Waals surface area (Å²) in [6.45, 7) is 1.91. The van der Waals surface area contributed by atoms with Crippen LogP contribution < -0.4 is 4.90 Å². The molecule has 0 radical (unpaired) electrons. The monoisotopic (exact) mass is 309 g/mol. The zero-order valence-corrected chi connectivity index (χ0v) is 11.5. The molecule has 18 heavy (non-hydrogen) atoms. The minimum atomic E-state index is -0.508. The van der Waals surface area contributed by atoms with E-state index in [0.29, 0.717) is 30.6 Å². The predicted molar refractivity (Wildman–Crippen MR) is 70.7 cm³/mol. The average molecular weight is 310 g/mol. The van der Waals surface area contributed by atoms with E-state index < -0.39 is 11.7 Å². The molecule has 94 valence electrons. The van der Waals surface area contributed by atoms with Crippen LogP contribution in [0, 0.1) is 0 Å². The molecule has 1 aliphatic rings. The maximum absolute atomic E-state index is 11.8. The van der Waals surface area contributed by atoms with Crippen LogP contribution in [-0.4, -0.2) is 24.0 Å². The summed E-state index contributed by atoms with van der Waals surface area (Å²) in [5, 5.41) is 0. The maximum Gasteiger partial charge on any atom is 0.299 e. The van der Waals surface area contributed by atoms with E-state index in [1.165, 1.54) is 11.8 Å². The highest BCUT2D eigenvalue weighted by Gasteiger charge is 2.35. The Kier molecular flexibility index (Phi) is 3.61. The fourth-order valence-corrected chi connectivity index (χ4v) is 2.32. The van der Waals surface area contributed by atoms with Gasteiger partial charge in [0.15, 0.2) is 0 Å². The van der Waals surface area contributed by atoms with Gasteiger partial charge in [0, 0.05) is 17.4 Å². The van der Waals surface area contributed by atoms with Crippen molar-refractivity contribution >= 4 is 39.1 Å². The third kappa shape index (κ3) is 2.36. The molecule has 1 amide bonds. The standard InChI is InChI=1S/C13H12BrNO3/c1-8(16)3-2-6-15-11-7-9(14)4-5-10(11)12(17)13(15)18/h4-5,7H,2-3,6H2,1H3. The molecule has 0 aliphatic carbocycles. The summed E-state index contributed by atoms with van der Waals surface area (Å²) in [4.78, 5) is 35.9. The summed E-state index contributed by atoms with van der Waals surface area (Å²) < 4.78 is 0.820. The molecule has 0 fully saturated rings. The van der Waals surface area contributed by atoms with E-state index in [0.717, 1.165) is 4.47 Å². The number of hydrogen-bond donors (Lipinski definition) is 0. The van der Waals surface area contributed by atoms with Gasteiger partial charge in [0.2, 0.25) is 0 Å². The van der Waals surface area contributed by atoms with Gasteiger partial charge < -0.3 is 9.69 Å². The number of benzene rings is 1. The van der Waals surface area contributed by atoms with Crippen LogP contribution in [-0.2, 0) is 9.59 Å². The van der Waals surface area contributed by atoms with Crippen molar-refractivity contribution in [3.8, 4) is 0 Å². The van der Waals surface area contributed by atoms with Crippen LogP contribution in [0.3, 0.4) is 0 Å². The zero-order valence-electron chi connectivity index (χ0n) is 9.90. The van der Waals surface area contributed by atoms with E-state index in [-0.39, 0.29) is 5.78 Å². The first-order valence-corrected chi connectivity index (χ1v) is 6.45. The minimum Gasteiger partial charge on any atom is -0.305 e. The summed E-state index contributed by atoms with van der Waals surface area (Å²) in [7, 11) is 0. The molecule has 0 saturated carbocycles. The lowest BCUT2D eigenvalue weighted by atomic mass is 10.1. The molecular formula is C13H12BrNO3. The number of amides is 1. The Morgan fingerprint density at radius 2 is 2.06 bits per heavy atom. The van der Waals surface area contributed by atoms with Crippen molar-refractivity contribution in [2.24, 2.45) is 0 Å². The number of hydrogen-bond acceptors (Lipinski definition) is 3. The van der Waals surface area contributed by atoms with E-state index in [4.69, 9.17) is 0 Å². The Labute approximate surface area is 113 Å². The number of halogens is 1. The highest BCUT2D eigenvalue weighted by Crippen LogP contribution is 2.31. The second kappa shape index (κ2) is 5.02. The maximum atomic E-state index is 11.8. The van der Waals surface area contributed by atoms with Gasteiger partial charge in [-0.3, -0.25) is 9.59 Å². The molecule has 0 N–H and O–H groups in total. The van der Waals surface area contributed by atoms with Crippen LogP contribution in [0.5, 0.6) is 0 Å². The molecule has 2 rings (SSSR count). The van der Waals surface area contributed by atoms with Crippen molar-refractivity contribution < 1.29 is 14.4 Å². The Hall–Kier alpha value is -1.49. The molecule has 0 bridgehead atoms. The van der Waals surface area contributed by atoms with Crippen molar-refractivity contribution in [1.29, 1.82) is 0 Å². The van der Waals surface area contributed by atoms with Crippen LogP contribution in [0.2, 0.25) is 0 Å². The second-order valence-electron chi connectivity index (χ2n) is 4.25. The SMILES string of the molecule is CC(=O)CCCN1C(=O)C(=O)c2ccc(Br)cc21. The van der Waals surface area contributed by atoms with Gasteiger partial charge in [-0.15, -0.1) is 0 Å². The Bertz CT molecular complexity index is 539. The first-order valence-electron chi connectivity index (χ1n) is 5.66. The summed E-state index contributed by atoms with van der Waals surface area (Å²) in [6.07, 6.45) is 0.988. The van der Waals surface area contributed by atoms with Crippen molar-refractivity contribution in [2.45, 2.75) is 19.8 Å². The van der Waals surface area contributed by atoms with Crippen LogP contribution in [0.1, 0.15) is 30.1 Å². The number of rotatable bonds is 4. The number of carbonyl (C=O) groups excluding carboxylic acids is 3. The molecule has 4 nitrogen and oxygen atoms in total. The van der Waals surface area contributed by atoms with E-state index in [9.17, 15) is 14.4 Å². The molecule has 0 saturated heterocycles. The molecule has 1 aromatic carbocycles. The lowest BCUT2D eigenvalue weighted by Gasteiger charge is -2.16. The van der Waals surface area contributed by atoms with E-state index >= 15 is 0 Å². The van der Waals surface area contributed by atoms with Crippen LogP contribution in [0.4, 0.5) is 5.69 Å². The Morgan fingerprint density at radius 3 is 2.72 bits per heavy atom. The molecule has 1 aliphatic heterocycles. The number of fused-ring (bicyclic) bond motifs is 1. The highest BCUT2D eigenvalue weighted by atomic mass is 79.9. The lowest BCUT2D eigenvalue weighted by molar-refractivity contribution is -0.117. The third-order valence-corrected chi connectivity index (χ3v) is 3.34. The number of ketones is 2. The smallest absolute Gasteiger partial charge is 0.299 e. The fourth-order valence-electron chi connectivity index (χ4n) is 1.98. The Morgan fingerprint density at radius 1 is 1.33 bits per heavy atom. The van der Waals surface area contributed by atoms with Gasteiger partial charge in [-0.2, -0.15) is 0 Å². The van der Waals surface area contributed by atoms with E-state index in [2.05, 4.69) is 15.9 Å². The van der Waals surface area contributed by atoms with Crippen molar-refractivity contribution in [3.63, 3.8) is 0 Å². The molecule has 0 atom stereocenters. The van der Waals surface area contributed by atoms with Crippen LogP contribution >= 0.6 is 15.9 Å². The normalized spacial score (nSPS) is 14.0. The van der Waals surface area contributed by atoms with Gasteiger partial charge in [0.25, 0.3) is 11.7 Å². The molecule has 5 heteroatoms. The lowest BCUT2D eigenvalue weighted by Crippen LogP contribution is -2.30. The quantitative estimate of drug-likeness (QED) is 0.802.